The predicted molar refractivity (Wildman–Crippen MR) is 63.8 cm³/mol. The number of nitrogens with two attached hydrogens (primary N) is 1. The Morgan fingerprint density at radius 2 is 2.24 bits per heavy atom. The maximum absolute atomic E-state index is 11.8. The SMILES string of the molecule is COC1CCCN(C(=O)CCCS(N)(=O)=O)C1. The number of amides is 1. The number of carbonyl (C=O) groups excluding carboxylic acids is 1. The van der Waals surface area contributed by atoms with Crippen molar-refractivity contribution in [3.8, 4) is 0 Å². The highest BCUT2D eigenvalue weighted by molar-refractivity contribution is 7.89. The van der Waals surface area contributed by atoms with Crippen molar-refractivity contribution in [1.29, 1.82) is 0 Å². The molecule has 1 unspecified atom stereocenters. The van der Waals surface area contributed by atoms with Crippen LogP contribution in [0.4, 0.5) is 0 Å². The largest absolute Gasteiger partial charge is 0.380 e. The van der Waals surface area contributed by atoms with Crippen LogP contribution in [0.15, 0.2) is 0 Å². The number of carbonyl (C=O) groups is 1. The first-order valence-electron chi connectivity index (χ1n) is 5.73. The number of hydrogen-bond donors (Lipinski definition) is 1. The second-order valence-corrected chi connectivity index (χ2v) is 6.04. The average Bonchev–Trinajstić information content (AvgIpc) is 2.27. The van der Waals surface area contributed by atoms with Crippen LogP contribution in [0.3, 0.4) is 0 Å². The van der Waals surface area contributed by atoms with Crippen LogP contribution in [-0.2, 0) is 19.6 Å². The van der Waals surface area contributed by atoms with E-state index < -0.39 is 10.0 Å². The van der Waals surface area contributed by atoms with E-state index in [-0.39, 0.29) is 30.6 Å². The number of primary sulfonamides is 1. The van der Waals surface area contributed by atoms with Gasteiger partial charge in [-0.15, -0.1) is 0 Å². The molecule has 0 aliphatic carbocycles. The molecule has 100 valence electrons. The van der Waals surface area contributed by atoms with E-state index in [9.17, 15) is 13.2 Å². The molecule has 1 atom stereocenters. The van der Waals surface area contributed by atoms with E-state index in [4.69, 9.17) is 9.88 Å². The summed E-state index contributed by atoms with van der Waals surface area (Å²) in [5.41, 5.74) is 0. The van der Waals surface area contributed by atoms with Gasteiger partial charge in [-0.2, -0.15) is 0 Å². The van der Waals surface area contributed by atoms with Crippen molar-refractivity contribution in [2.75, 3.05) is 26.0 Å². The van der Waals surface area contributed by atoms with Crippen LogP contribution in [0, 0.1) is 0 Å². The number of hydrogen-bond acceptors (Lipinski definition) is 4. The first kappa shape index (κ1) is 14.4. The molecule has 7 heteroatoms. The monoisotopic (exact) mass is 264 g/mol. The number of ether oxygens (including phenoxy) is 1. The molecule has 1 aliphatic heterocycles. The van der Waals surface area contributed by atoms with Gasteiger partial charge in [-0.25, -0.2) is 13.6 Å². The molecule has 0 aromatic carbocycles. The lowest BCUT2D eigenvalue weighted by molar-refractivity contribution is -0.134. The van der Waals surface area contributed by atoms with Crippen LogP contribution in [0.1, 0.15) is 25.7 Å². The fraction of sp³-hybridized carbons (Fsp3) is 0.900. The predicted octanol–water partition coefficient (Wildman–Crippen LogP) is -0.307. The third-order valence-corrected chi connectivity index (χ3v) is 3.74. The molecule has 1 aliphatic rings. The fourth-order valence-corrected chi connectivity index (χ4v) is 2.49. The van der Waals surface area contributed by atoms with Gasteiger partial charge in [0.25, 0.3) is 0 Å². The second-order valence-electron chi connectivity index (χ2n) is 4.31. The van der Waals surface area contributed by atoms with E-state index in [2.05, 4.69) is 0 Å². The Bertz CT molecular complexity index is 355. The van der Waals surface area contributed by atoms with Crippen LogP contribution >= 0.6 is 0 Å². The van der Waals surface area contributed by atoms with Gasteiger partial charge in [0.05, 0.1) is 11.9 Å². The maximum atomic E-state index is 11.8. The third kappa shape index (κ3) is 5.47. The normalized spacial score (nSPS) is 21.5. The minimum absolute atomic E-state index is 0.0181. The molecule has 0 spiro atoms. The van der Waals surface area contributed by atoms with Gasteiger partial charge in [-0.1, -0.05) is 0 Å². The lowest BCUT2D eigenvalue weighted by atomic mass is 10.1. The number of methoxy groups -OCH3 is 1. The molecule has 1 saturated heterocycles. The first-order valence-corrected chi connectivity index (χ1v) is 7.45. The molecule has 0 radical (unpaired) electrons. The summed E-state index contributed by atoms with van der Waals surface area (Å²) in [7, 11) is -1.82. The van der Waals surface area contributed by atoms with Gasteiger partial charge in [-0.3, -0.25) is 4.79 Å². The Hall–Kier alpha value is -0.660. The van der Waals surface area contributed by atoms with Gasteiger partial charge in [0.2, 0.25) is 15.9 Å². The highest BCUT2D eigenvalue weighted by Gasteiger charge is 2.23. The van der Waals surface area contributed by atoms with E-state index in [1.165, 1.54) is 0 Å². The average molecular weight is 264 g/mol. The molecular weight excluding hydrogens is 244 g/mol. The molecule has 1 rings (SSSR count). The number of rotatable bonds is 5. The number of piperidine rings is 1. The summed E-state index contributed by atoms with van der Waals surface area (Å²) >= 11 is 0. The van der Waals surface area contributed by atoms with Crippen LogP contribution in [0.25, 0.3) is 0 Å². The number of likely N-dealkylation sites (tertiary alicyclic amines) is 1. The summed E-state index contributed by atoms with van der Waals surface area (Å²) in [5.74, 6) is -0.157. The van der Waals surface area contributed by atoms with Gasteiger partial charge >= 0.3 is 0 Å². The van der Waals surface area contributed by atoms with Crippen molar-refractivity contribution < 1.29 is 17.9 Å². The summed E-state index contributed by atoms with van der Waals surface area (Å²) in [5, 5.41) is 4.87. The maximum Gasteiger partial charge on any atom is 0.222 e. The Morgan fingerprint density at radius 1 is 1.53 bits per heavy atom. The van der Waals surface area contributed by atoms with Crippen molar-refractivity contribution in [2.45, 2.75) is 31.8 Å². The van der Waals surface area contributed by atoms with E-state index in [1.54, 1.807) is 12.0 Å². The Balaban J connectivity index is 2.32. The molecule has 0 aromatic heterocycles. The topological polar surface area (TPSA) is 89.7 Å². The standard InChI is InChI=1S/C10H20N2O4S/c1-16-9-4-2-6-12(8-9)10(13)5-3-7-17(11,14)15/h9H,2-8H2,1H3,(H2,11,14,15). The van der Waals surface area contributed by atoms with Gasteiger partial charge < -0.3 is 9.64 Å². The van der Waals surface area contributed by atoms with E-state index in [0.717, 1.165) is 19.4 Å². The zero-order valence-electron chi connectivity index (χ0n) is 10.1. The summed E-state index contributed by atoms with van der Waals surface area (Å²) in [6.07, 6.45) is 2.51. The van der Waals surface area contributed by atoms with Crippen LogP contribution in [0.2, 0.25) is 0 Å². The molecule has 2 N–H and O–H groups in total. The van der Waals surface area contributed by atoms with Crippen LogP contribution < -0.4 is 5.14 Å². The summed E-state index contributed by atoms with van der Waals surface area (Å²) < 4.78 is 26.7. The lowest BCUT2D eigenvalue weighted by Gasteiger charge is -2.32. The molecule has 17 heavy (non-hydrogen) atoms. The van der Waals surface area contributed by atoms with Crippen molar-refractivity contribution in [1.82, 2.24) is 4.90 Å². The molecule has 0 bridgehead atoms. The van der Waals surface area contributed by atoms with Gasteiger partial charge in [-0.05, 0) is 19.3 Å². The third-order valence-electron chi connectivity index (χ3n) is 2.88. The van der Waals surface area contributed by atoms with Crippen molar-refractivity contribution in [3.63, 3.8) is 0 Å². The van der Waals surface area contributed by atoms with Crippen LogP contribution in [0.5, 0.6) is 0 Å². The number of sulfonamides is 1. The van der Waals surface area contributed by atoms with Gasteiger partial charge in [0, 0.05) is 26.6 Å². The second kappa shape index (κ2) is 6.32. The zero-order chi connectivity index (χ0) is 12.9. The Labute approximate surface area is 102 Å². The molecule has 1 amide bonds. The fourth-order valence-electron chi connectivity index (χ4n) is 1.94. The van der Waals surface area contributed by atoms with E-state index in [0.29, 0.717) is 6.54 Å². The van der Waals surface area contributed by atoms with Crippen molar-refractivity contribution >= 4 is 15.9 Å². The highest BCUT2D eigenvalue weighted by atomic mass is 32.2. The minimum Gasteiger partial charge on any atom is -0.380 e. The molecule has 1 fully saturated rings. The summed E-state index contributed by atoms with van der Waals surface area (Å²) in [4.78, 5) is 13.5. The van der Waals surface area contributed by atoms with Gasteiger partial charge in [0.1, 0.15) is 0 Å². The highest BCUT2D eigenvalue weighted by Crippen LogP contribution is 2.13. The molecule has 0 aromatic rings. The zero-order valence-corrected chi connectivity index (χ0v) is 10.9. The summed E-state index contributed by atoms with van der Waals surface area (Å²) in [6.45, 7) is 1.33. The molecule has 1 heterocycles. The Kier molecular flexibility index (Phi) is 5.35. The van der Waals surface area contributed by atoms with E-state index >= 15 is 0 Å². The van der Waals surface area contributed by atoms with Crippen molar-refractivity contribution in [3.05, 3.63) is 0 Å². The quantitative estimate of drug-likeness (QED) is 0.737. The lowest BCUT2D eigenvalue weighted by Crippen LogP contribution is -2.42. The smallest absolute Gasteiger partial charge is 0.222 e. The van der Waals surface area contributed by atoms with Gasteiger partial charge in [0.15, 0.2) is 0 Å². The first-order chi connectivity index (χ1) is 7.92. The summed E-state index contributed by atoms with van der Waals surface area (Å²) in [6, 6.07) is 0. The molecular formula is C10H20N2O4S. The van der Waals surface area contributed by atoms with E-state index in [1.807, 2.05) is 0 Å². The molecule has 6 nitrogen and oxygen atoms in total. The minimum atomic E-state index is -3.46. The van der Waals surface area contributed by atoms with Crippen LogP contribution in [-0.4, -0.2) is 51.3 Å². The molecule has 0 saturated carbocycles. The van der Waals surface area contributed by atoms with Crippen molar-refractivity contribution in [2.24, 2.45) is 5.14 Å². The number of nitrogens with zero attached hydrogens (tertiary/aromatic N) is 1. The Morgan fingerprint density at radius 3 is 2.82 bits per heavy atom.